The Kier molecular flexibility index (Phi) is 5.11. The fraction of sp³-hybridized carbons (Fsp3) is 0.615. The van der Waals surface area contributed by atoms with Crippen molar-refractivity contribution in [1.82, 2.24) is 15.3 Å². The largest absolute Gasteiger partial charge is 0.467 e. The van der Waals surface area contributed by atoms with Crippen LogP contribution < -0.4 is 5.32 Å². The van der Waals surface area contributed by atoms with Gasteiger partial charge < -0.3 is 19.8 Å². The summed E-state index contributed by atoms with van der Waals surface area (Å²) in [5.41, 5.74) is 0.771. The molecular formula is C13H19N3O4. The van der Waals surface area contributed by atoms with Crippen LogP contribution >= 0.6 is 0 Å². The minimum Gasteiger partial charge on any atom is -0.467 e. The summed E-state index contributed by atoms with van der Waals surface area (Å²) in [4.78, 5) is 30.7. The van der Waals surface area contributed by atoms with Crippen LogP contribution in [0.2, 0.25) is 0 Å². The molecule has 7 heteroatoms. The van der Waals surface area contributed by atoms with Crippen LogP contribution in [0, 0.1) is 5.92 Å². The number of ether oxygens (including phenoxy) is 2. The van der Waals surface area contributed by atoms with Crippen molar-refractivity contribution in [2.24, 2.45) is 5.92 Å². The number of aromatic amines is 1. The lowest BCUT2D eigenvalue weighted by Crippen LogP contribution is -2.46. The second-order valence-corrected chi connectivity index (χ2v) is 4.75. The third kappa shape index (κ3) is 3.80. The van der Waals surface area contributed by atoms with E-state index in [9.17, 15) is 9.59 Å². The first kappa shape index (κ1) is 14.5. The van der Waals surface area contributed by atoms with Crippen molar-refractivity contribution >= 4 is 11.9 Å². The van der Waals surface area contributed by atoms with Gasteiger partial charge in [0.25, 0.3) is 0 Å². The van der Waals surface area contributed by atoms with Crippen LogP contribution in [0.5, 0.6) is 0 Å². The summed E-state index contributed by atoms with van der Waals surface area (Å²) in [6.07, 6.45) is 4.86. The Labute approximate surface area is 117 Å². The van der Waals surface area contributed by atoms with E-state index in [0.29, 0.717) is 32.5 Å². The summed E-state index contributed by atoms with van der Waals surface area (Å²) >= 11 is 0. The number of carbonyl (C=O) groups is 2. The molecule has 1 aliphatic rings. The smallest absolute Gasteiger partial charge is 0.328 e. The zero-order valence-corrected chi connectivity index (χ0v) is 11.4. The summed E-state index contributed by atoms with van der Waals surface area (Å²) in [6.45, 7) is 1.17. The molecule has 1 aliphatic heterocycles. The summed E-state index contributed by atoms with van der Waals surface area (Å²) in [5, 5.41) is 2.76. The quantitative estimate of drug-likeness (QED) is 0.743. The minimum atomic E-state index is -0.698. The molecule has 0 bridgehead atoms. The van der Waals surface area contributed by atoms with Gasteiger partial charge in [0.15, 0.2) is 0 Å². The van der Waals surface area contributed by atoms with Crippen LogP contribution in [-0.2, 0) is 25.5 Å². The molecule has 1 aromatic heterocycles. The zero-order chi connectivity index (χ0) is 14.4. The SMILES string of the molecule is COC(=O)[C@H](Cc1cnc[nH]1)NC(=O)C1CCOCC1. The van der Waals surface area contributed by atoms with Crippen LogP contribution in [-0.4, -0.2) is 48.2 Å². The van der Waals surface area contributed by atoms with Gasteiger partial charge in [0.1, 0.15) is 6.04 Å². The Balaban J connectivity index is 1.96. The first-order valence-corrected chi connectivity index (χ1v) is 6.64. The highest BCUT2D eigenvalue weighted by Crippen LogP contribution is 2.15. The van der Waals surface area contributed by atoms with Gasteiger partial charge in [0, 0.05) is 37.4 Å². The zero-order valence-electron chi connectivity index (χ0n) is 11.4. The van der Waals surface area contributed by atoms with Gasteiger partial charge in [0.05, 0.1) is 13.4 Å². The van der Waals surface area contributed by atoms with Crippen molar-refractivity contribution in [2.75, 3.05) is 20.3 Å². The summed E-state index contributed by atoms with van der Waals surface area (Å²) in [6, 6.07) is -0.698. The highest BCUT2D eigenvalue weighted by molar-refractivity contribution is 5.85. The first-order valence-electron chi connectivity index (χ1n) is 6.64. The Hall–Kier alpha value is -1.89. The Morgan fingerprint density at radius 3 is 2.90 bits per heavy atom. The van der Waals surface area contributed by atoms with Gasteiger partial charge in [-0.05, 0) is 12.8 Å². The molecule has 2 N–H and O–H groups in total. The van der Waals surface area contributed by atoms with E-state index >= 15 is 0 Å². The molecule has 1 saturated heterocycles. The molecule has 0 aliphatic carbocycles. The molecule has 0 aromatic carbocycles. The van der Waals surface area contributed by atoms with E-state index in [1.165, 1.54) is 13.4 Å². The van der Waals surface area contributed by atoms with Crippen LogP contribution in [0.4, 0.5) is 0 Å². The van der Waals surface area contributed by atoms with Gasteiger partial charge in [-0.2, -0.15) is 0 Å². The van der Waals surface area contributed by atoms with Crippen LogP contribution in [0.1, 0.15) is 18.5 Å². The van der Waals surface area contributed by atoms with E-state index in [2.05, 4.69) is 15.3 Å². The number of esters is 1. The van der Waals surface area contributed by atoms with E-state index in [1.54, 1.807) is 6.20 Å². The predicted molar refractivity (Wildman–Crippen MR) is 69.8 cm³/mol. The standard InChI is InChI=1S/C13H19N3O4/c1-19-13(18)11(6-10-7-14-8-15-10)16-12(17)9-2-4-20-5-3-9/h7-9,11H,2-6H2,1H3,(H,14,15)(H,16,17)/t11-/m0/s1. The first-order chi connectivity index (χ1) is 9.70. The van der Waals surface area contributed by atoms with E-state index in [-0.39, 0.29) is 11.8 Å². The molecule has 1 aromatic rings. The number of aromatic nitrogens is 2. The van der Waals surface area contributed by atoms with Gasteiger partial charge >= 0.3 is 5.97 Å². The topological polar surface area (TPSA) is 93.3 Å². The lowest BCUT2D eigenvalue weighted by Gasteiger charge is -2.23. The summed E-state index contributed by atoms with van der Waals surface area (Å²) < 4.78 is 9.96. The van der Waals surface area contributed by atoms with Crippen LogP contribution in [0.15, 0.2) is 12.5 Å². The van der Waals surface area contributed by atoms with Crippen molar-refractivity contribution in [3.63, 3.8) is 0 Å². The number of nitrogens with zero attached hydrogens (tertiary/aromatic N) is 1. The number of rotatable bonds is 5. The molecular weight excluding hydrogens is 262 g/mol. The summed E-state index contributed by atoms with van der Waals surface area (Å²) in [5.74, 6) is -0.680. The molecule has 1 amide bonds. The van der Waals surface area contributed by atoms with Gasteiger partial charge in [-0.15, -0.1) is 0 Å². The molecule has 2 heterocycles. The summed E-state index contributed by atoms with van der Waals surface area (Å²) in [7, 11) is 1.31. The van der Waals surface area contributed by atoms with Crippen molar-refractivity contribution in [3.05, 3.63) is 18.2 Å². The molecule has 0 saturated carbocycles. The van der Waals surface area contributed by atoms with Gasteiger partial charge in [-0.1, -0.05) is 0 Å². The number of hydrogen-bond acceptors (Lipinski definition) is 5. The van der Waals surface area contributed by atoms with E-state index in [4.69, 9.17) is 9.47 Å². The monoisotopic (exact) mass is 281 g/mol. The molecule has 1 atom stereocenters. The second kappa shape index (κ2) is 7.04. The number of imidazole rings is 1. The molecule has 7 nitrogen and oxygen atoms in total. The maximum Gasteiger partial charge on any atom is 0.328 e. The molecule has 110 valence electrons. The number of carbonyl (C=O) groups excluding carboxylic acids is 2. The molecule has 1 fully saturated rings. The Bertz CT molecular complexity index is 440. The molecule has 20 heavy (non-hydrogen) atoms. The highest BCUT2D eigenvalue weighted by atomic mass is 16.5. The average molecular weight is 281 g/mol. The normalized spacial score (nSPS) is 17.4. The number of H-pyrrole nitrogens is 1. The van der Waals surface area contributed by atoms with Gasteiger partial charge in [-0.3, -0.25) is 4.79 Å². The second-order valence-electron chi connectivity index (χ2n) is 4.75. The number of methoxy groups -OCH3 is 1. The molecule has 0 unspecified atom stereocenters. The van der Waals surface area contributed by atoms with Crippen molar-refractivity contribution in [3.8, 4) is 0 Å². The lowest BCUT2D eigenvalue weighted by molar-refractivity contribution is -0.146. The molecule has 2 rings (SSSR count). The fourth-order valence-electron chi connectivity index (χ4n) is 2.20. The van der Waals surface area contributed by atoms with E-state index in [0.717, 1.165) is 5.69 Å². The Morgan fingerprint density at radius 2 is 2.30 bits per heavy atom. The highest BCUT2D eigenvalue weighted by Gasteiger charge is 2.27. The Morgan fingerprint density at radius 1 is 1.55 bits per heavy atom. The maximum absolute atomic E-state index is 12.2. The lowest BCUT2D eigenvalue weighted by atomic mass is 9.98. The van der Waals surface area contributed by atoms with Crippen molar-refractivity contribution < 1.29 is 19.1 Å². The van der Waals surface area contributed by atoms with Crippen LogP contribution in [0.3, 0.4) is 0 Å². The van der Waals surface area contributed by atoms with Crippen molar-refractivity contribution in [1.29, 1.82) is 0 Å². The van der Waals surface area contributed by atoms with E-state index < -0.39 is 12.0 Å². The molecule has 0 radical (unpaired) electrons. The van der Waals surface area contributed by atoms with Gasteiger partial charge in [-0.25, -0.2) is 9.78 Å². The number of amides is 1. The number of hydrogen-bond donors (Lipinski definition) is 2. The maximum atomic E-state index is 12.2. The van der Waals surface area contributed by atoms with E-state index in [1.807, 2.05) is 0 Å². The fourth-order valence-corrected chi connectivity index (χ4v) is 2.20. The molecule has 0 spiro atoms. The average Bonchev–Trinajstić information content (AvgIpc) is 2.99. The third-order valence-electron chi connectivity index (χ3n) is 3.37. The van der Waals surface area contributed by atoms with Crippen molar-refractivity contribution in [2.45, 2.75) is 25.3 Å². The number of nitrogens with one attached hydrogen (secondary N) is 2. The van der Waals surface area contributed by atoms with Gasteiger partial charge in [0.2, 0.25) is 5.91 Å². The van der Waals surface area contributed by atoms with Crippen LogP contribution in [0.25, 0.3) is 0 Å². The third-order valence-corrected chi connectivity index (χ3v) is 3.37. The minimum absolute atomic E-state index is 0.0994. The predicted octanol–water partition coefficient (Wildman–Crippen LogP) is 0.0366.